The Morgan fingerprint density at radius 1 is 1.19 bits per heavy atom. The molecule has 4 fully saturated rings. The molecule has 2 unspecified atom stereocenters. The second-order valence-electron chi connectivity index (χ2n) is 7.36. The van der Waals surface area contributed by atoms with E-state index in [1.54, 1.807) is 18.2 Å². The molecule has 0 heterocycles. The zero-order valence-electron chi connectivity index (χ0n) is 11.9. The van der Waals surface area contributed by atoms with Crippen LogP contribution in [0.1, 0.15) is 38.5 Å². The van der Waals surface area contributed by atoms with Crippen LogP contribution in [0.4, 0.5) is 5.69 Å². The van der Waals surface area contributed by atoms with Crippen LogP contribution in [0, 0.1) is 17.3 Å². The average molecular weight is 350 g/mol. The van der Waals surface area contributed by atoms with Crippen molar-refractivity contribution in [2.45, 2.75) is 42.8 Å². The van der Waals surface area contributed by atoms with E-state index in [4.69, 9.17) is 0 Å². The molecule has 1 aromatic rings. The van der Waals surface area contributed by atoms with Crippen LogP contribution in [0.15, 0.2) is 24.3 Å². The lowest BCUT2D eigenvalue weighted by Gasteiger charge is -2.59. The molecule has 4 saturated carbocycles. The van der Waals surface area contributed by atoms with Crippen molar-refractivity contribution in [2.75, 3.05) is 5.32 Å². The third-order valence-electron chi connectivity index (χ3n) is 5.62. The molecule has 0 saturated heterocycles. The summed E-state index contributed by atoms with van der Waals surface area (Å²) in [7, 11) is 0. The molecule has 2 atom stereocenters. The van der Waals surface area contributed by atoms with Gasteiger partial charge in [-0.2, -0.15) is 0 Å². The number of benzene rings is 1. The van der Waals surface area contributed by atoms with Crippen molar-refractivity contribution in [3.8, 4) is 5.75 Å². The first-order chi connectivity index (χ1) is 9.98. The van der Waals surface area contributed by atoms with E-state index in [9.17, 15) is 9.90 Å². The zero-order chi connectivity index (χ0) is 14.7. The number of aromatic hydroxyl groups is 1. The Hall–Kier alpha value is -1.03. The number of nitrogens with one attached hydrogen (secondary N) is 1. The number of carbonyl (C=O) groups excluding carboxylic acids is 1. The van der Waals surface area contributed by atoms with Gasteiger partial charge < -0.3 is 10.4 Å². The third-order valence-corrected chi connectivity index (χ3v) is 6.55. The molecule has 0 radical (unpaired) electrons. The predicted octanol–water partition coefficient (Wildman–Crippen LogP) is 4.06. The van der Waals surface area contributed by atoms with Gasteiger partial charge in [0, 0.05) is 4.32 Å². The maximum absolute atomic E-state index is 12.9. The van der Waals surface area contributed by atoms with Crippen LogP contribution in [-0.4, -0.2) is 15.3 Å². The first kappa shape index (κ1) is 13.6. The Morgan fingerprint density at radius 3 is 2.48 bits per heavy atom. The summed E-state index contributed by atoms with van der Waals surface area (Å²) in [5.41, 5.74) is 0.289. The van der Waals surface area contributed by atoms with Gasteiger partial charge in [-0.25, -0.2) is 0 Å². The molecule has 0 aliphatic heterocycles. The van der Waals surface area contributed by atoms with Crippen LogP contribution in [0.3, 0.4) is 0 Å². The standard InChI is InChI=1S/C17H20BrNO2/c18-17-8-11-5-12(9-17)7-16(6-11,10-17)15(21)19-13-3-1-2-4-14(13)20/h1-4,11-12,20H,5-10H2,(H,19,21). The molecule has 0 aromatic heterocycles. The highest BCUT2D eigenvalue weighted by atomic mass is 79.9. The Morgan fingerprint density at radius 2 is 1.86 bits per heavy atom. The number of hydrogen-bond donors (Lipinski definition) is 2. The van der Waals surface area contributed by atoms with Gasteiger partial charge in [-0.3, -0.25) is 4.79 Å². The Bertz CT molecular complexity index is 586. The highest BCUT2D eigenvalue weighted by Gasteiger charge is 2.59. The van der Waals surface area contributed by atoms with E-state index in [2.05, 4.69) is 21.2 Å². The Labute approximate surface area is 133 Å². The first-order valence-electron chi connectivity index (χ1n) is 7.76. The summed E-state index contributed by atoms with van der Waals surface area (Å²) in [5.74, 6) is 1.60. The number of alkyl halides is 1. The number of phenolic OH excluding ortho intramolecular Hbond substituents is 1. The number of rotatable bonds is 2. The van der Waals surface area contributed by atoms with Crippen molar-refractivity contribution in [3.05, 3.63) is 24.3 Å². The molecule has 4 heteroatoms. The molecule has 4 bridgehead atoms. The van der Waals surface area contributed by atoms with E-state index < -0.39 is 0 Å². The molecule has 4 aliphatic rings. The topological polar surface area (TPSA) is 49.3 Å². The van der Waals surface area contributed by atoms with E-state index >= 15 is 0 Å². The van der Waals surface area contributed by atoms with E-state index in [0.29, 0.717) is 17.5 Å². The molecule has 4 aliphatic carbocycles. The largest absolute Gasteiger partial charge is 0.506 e. The normalized spacial score (nSPS) is 40.2. The molecule has 112 valence electrons. The van der Waals surface area contributed by atoms with E-state index in [0.717, 1.165) is 19.3 Å². The third kappa shape index (κ3) is 2.19. The van der Waals surface area contributed by atoms with Crippen molar-refractivity contribution >= 4 is 27.5 Å². The molecule has 2 N–H and O–H groups in total. The van der Waals surface area contributed by atoms with Crippen LogP contribution in [0.25, 0.3) is 0 Å². The van der Waals surface area contributed by atoms with Gasteiger partial charge >= 0.3 is 0 Å². The minimum atomic E-state index is -0.240. The van der Waals surface area contributed by atoms with Crippen molar-refractivity contribution in [1.82, 2.24) is 0 Å². The van der Waals surface area contributed by atoms with Gasteiger partial charge in [0.25, 0.3) is 0 Å². The summed E-state index contributed by atoms with van der Waals surface area (Å²) >= 11 is 3.93. The van der Waals surface area contributed by atoms with Crippen LogP contribution >= 0.6 is 15.9 Å². The van der Waals surface area contributed by atoms with Crippen molar-refractivity contribution in [2.24, 2.45) is 17.3 Å². The van der Waals surface area contributed by atoms with Gasteiger partial charge in [0.2, 0.25) is 5.91 Å². The molecule has 3 nitrogen and oxygen atoms in total. The van der Waals surface area contributed by atoms with Gasteiger partial charge in [-0.15, -0.1) is 0 Å². The van der Waals surface area contributed by atoms with Crippen LogP contribution < -0.4 is 5.32 Å². The summed E-state index contributed by atoms with van der Waals surface area (Å²) in [6.45, 7) is 0. The number of amides is 1. The van der Waals surface area contributed by atoms with E-state index in [1.807, 2.05) is 6.07 Å². The maximum Gasteiger partial charge on any atom is 0.230 e. The molecule has 21 heavy (non-hydrogen) atoms. The summed E-state index contributed by atoms with van der Waals surface area (Å²) in [6, 6.07) is 6.98. The fourth-order valence-corrected chi connectivity index (χ4v) is 6.70. The number of halogens is 1. The minimum absolute atomic E-state index is 0.0990. The monoisotopic (exact) mass is 349 g/mol. The molecule has 1 aromatic carbocycles. The smallest absolute Gasteiger partial charge is 0.230 e. The summed E-state index contributed by atoms with van der Waals surface area (Å²) in [5, 5.41) is 12.8. The average Bonchev–Trinajstić information content (AvgIpc) is 2.38. The van der Waals surface area contributed by atoms with Gasteiger partial charge in [0.15, 0.2) is 0 Å². The fourth-order valence-electron chi connectivity index (χ4n) is 5.25. The van der Waals surface area contributed by atoms with Crippen LogP contribution in [-0.2, 0) is 4.79 Å². The van der Waals surface area contributed by atoms with Crippen molar-refractivity contribution < 1.29 is 9.90 Å². The molecular formula is C17H20BrNO2. The molecule has 1 amide bonds. The van der Waals surface area contributed by atoms with Crippen molar-refractivity contribution in [1.29, 1.82) is 0 Å². The highest BCUT2D eigenvalue weighted by Crippen LogP contribution is 2.64. The predicted molar refractivity (Wildman–Crippen MR) is 85.5 cm³/mol. The highest BCUT2D eigenvalue weighted by molar-refractivity contribution is 9.10. The lowest BCUT2D eigenvalue weighted by molar-refractivity contribution is -0.138. The summed E-state index contributed by atoms with van der Waals surface area (Å²) in [4.78, 5) is 12.9. The van der Waals surface area contributed by atoms with Gasteiger partial charge in [0.05, 0.1) is 11.1 Å². The van der Waals surface area contributed by atoms with Gasteiger partial charge in [-0.05, 0) is 62.5 Å². The zero-order valence-corrected chi connectivity index (χ0v) is 13.5. The minimum Gasteiger partial charge on any atom is -0.506 e. The summed E-state index contributed by atoms with van der Waals surface area (Å²) < 4.78 is 0.174. The second-order valence-corrected chi connectivity index (χ2v) is 9.05. The van der Waals surface area contributed by atoms with Crippen molar-refractivity contribution in [3.63, 3.8) is 0 Å². The lowest BCUT2D eigenvalue weighted by Crippen LogP contribution is -2.57. The molecular weight excluding hydrogens is 330 g/mol. The Balaban J connectivity index is 1.61. The Kier molecular flexibility index (Phi) is 2.91. The second kappa shape index (κ2) is 4.48. The van der Waals surface area contributed by atoms with Crippen LogP contribution in [0.5, 0.6) is 5.75 Å². The number of para-hydroxylation sites is 2. The van der Waals surface area contributed by atoms with Gasteiger partial charge in [-0.1, -0.05) is 28.1 Å². The number of hydrogen-bond acceptors (Lipinski definition) is 2. The number of anilines is 1. The first-order valence-corrected chi connectivity index (χ1v) is 8.56. The number of carbonyl (C=O) groups is 1. The number of phenols is 1. The van der Waals surface area contributed by atoms with Crippen LogP contribution in [0.2, 0.25) is 0 Å². The summed E-state index contributed by atoms with van der Waals surface area (Å²) in [6.07, 6.45) is 6.68. The molecule has 5 rings (SSSR count). The maximum atomic E-state index is 12.9. The van der Waals surface area contributed by atoms with Gasteiger partial charge in [0.1, 0.15) is 5.75 Å². The fraction of sp³-hybridized carbons (Fsp3) is 0.588. The lowest BCUT2D eigenvalue weighted by atomic mass is 9.49. The SMILES string of the molecule is O=C(Nc1ccccc1O)C12CC3CC(CC(Br)(C3)C1)C2. The molecule has 0 spiro atoms. The quantitative estimate of drug-likeness (QED) is 0.624. The van der Waals surface area contributed by atoms with E-state index in [1.165, 1.54) is 19.3 Å². The van der Waals surface area contributed by atoms with E-state index in [-0.39, 0.29) is 21.4 Å².